The van der Waals surface area contributed by atoms with Crippen molar-refractivity contribution in [3.05, 3.63) is 64.8 Å². The summed E-state index contributed by atoms with van der Waals surface area (Å²) in [5.41, 5.74) is 1.96. The molecule has 6 nitrogen and oxygen atoms in total. The topological polar surface area (TPSA) is 54.4 Å². The fourth-order valence-electron chi connectivity index (χ4n) is 3.41. The number of amides is 1. The highest BCUT2D eigenvalue weighted by Crippen LogP contribution is 2.34. The molecule has 162 valence electrons. The van der Waals surface area contributed by atoms with Gasteiger partial charge < -0.3 is 14.4 Å². The van der Waals surface area contributed by atoms with Crippen LogP contribution in [0.1, 0.15) is 5.56 Å². The fraction of sp³-hybridized carbons (Fsp3) is 0.304. The lowest BCUT2D eigenvalue weighted by Crippen LogP contribution is -2.36. The molecule has 0 saturated carbocycles. The normalized spacial score (nSPS) is 19.6. The molecular weight excluding hydrogens is 417 g/mol. The Balaban J connectivity index is 1.58. The zero-order chi connectivity index (χ0) is 21.6. The highest BCUT2D eigenvalue weighted by atomic mass is 32.2. The van der Waals surface area contributed by atoms with Gasteiger partial charge in [-0.25, -0.2) is 9.38 Å². The molecule has 0 radical (unpaired) electrons. The van der Waals surface area contributed by atoms with E-state index in [0.717, 1.165) is 5.69 Å². The van der Waals surface area contributed by atoms with Crippen molar-refractivity contribution < 1.29 is 18.7 Å². The Bertz CT molecular complexity index is 991. The van der Waals surface area contributed by atoms with E-state index in [1.807, 2.05) is 41.3 Å². The Morgan fingerprint density at radius 1 is 1.19 bits per heavy atom. The van der Waals surface area contributed by atoms with Gasteiger partial charge in [0.25, 0.3) is 5.91 Å². The fourth-order valence-corrected chi connectivity index (χ4v) is 4.43. The highest BCUT2D eigenvalue weighted by Gasteiger charge is 2.33. The molecule has 0 spiro atoms. The first-order valence-electron chi connectivity index (χ1n) is 10.1. The van der Waals surface area contributed by atoms with Crippen molar-refractivity contribution in [2.75, 3.05) is 51.5 Å². The standard InChI is InChI=1S/C23H24FN3O3S/c1-29-12-11-27-22(28)21(31-23(27)25-18-5-3-2-4-6-18)16-17-7-8-20(19(24)15-17)26-9-13-30-14-10-26/h2-8,15-16H,9-14H2,1H3/b21-16+,25-23?. The van der Waals surface area contributed by atoms with E-state index in [9.17, 15) is 9.18 Å². The first-order chi connectivity index (χ1) is 15.2. The van der Waals surface area contributed by atoms with Gasteiger partial charge >= 0.3 is 0 Å². The molecule has 31 heavy (non-hydrogen) atoms. The maximum absolute atomic E-state index is 14.8. The van der Waals surface area contributed by atoms with Crippen LogP contribution in [0, 0.1) is 5.82 Å². The predicted molar refractivity (Wildman–Crippen MR) is 122 cm³/mol. The summed E-state index contributed by atoms with van der Waals surface area (Å²) in [6.45, 7) is 3.32. The number of methoxy groups -OCH3 is 1. The van der Waals surface area contributed by atoms with Crippen LogP contribution in [0.2, 0.25) is 0 Å². The lowest BCUT2D eigenvalue weighted by Gasteiger charge is -2.29. The molecule has 0 bridgehead atoms. The number of hydrogen-bond donors (Lipinski definition) is 0. The van der Waals surface area contributed by atoms with E-state index in [1.54, 1.807) is 24.2 Å². The zero-order valence-corrected chi connectivity index (χ0v) is 18.1. The van der Waals surface area contributed by atoms with Crippen LogP contribution < -0.4 is 4.90 Å². The number of amidine groups is 1. The maximum atomic E-state index is 14.8. The highest BCUT2D eigenvalue weighted by molar-refractivity contribution is 8.18. The van der Waals surface area contributed by atoms with E-state index >= 15 is 0 Å². The van der Waals surface area contributed by atoms with Crippen molar-refractivity contribution in [3.8, 4) is 0 Å². The number of ether oxygens (including phenoxy) is 2. The number of carbonyl (C=O) groups is 1. The van der Waals surface area contributed by atoms with E-state index < -0.39 is 0 Å². The van der Waals surface area contributed by atoms with Crippen molar-refractivity contribution in [1.29, 1.82) is 0 Å². The van der Waals surface area contributed by atoms with E-state index in [0.29, 0.717) is 60.8 Å². The molecule has 0 unspecified atom stereocenters. The van der Waals surface area contributed by atoms with Gasteiger partial charge in [-0.2, -0.15) is 0 Å². The molecule has 2 aromatic carbocycles. The molecule has 1 amide bonds. The minimum Gasteiger partial charge on any atom is -0.383 e. The summed E-state index contributed by atoms with van der Waals surface area (Å²) < 4.78 is 25.2. The molecule has 2 aliphatic heterocycles. The third-order valence-electron chi connectivity index (χ3n) is 5.01. The molecule has 0 aliphatic carbocycles. The second-order valence-electron chi connectivity index (χ2n) is 7.10. The molecule has 4 rings (SSSR count). The van der Waals surface area contributed by atoms with Gasteiger partial charge in [0.2, 0.25) is 0 Å². The molecule has 8 heteroatoms. The number of morpholine rings is 1. The van der Waals surface area contributed by atoms with Gasteiger partial charge in [-0.1, -0.05) is 24.3 Å². The monoisotopic (exact) mass is 441 g/mol. The Morgan fingerprint density at radius 2 is 1.97 bits per heavy atom. The first kappa shape index (κ1) is 21.5. The molecule has 2 aliphatic rings. The van der Waals surface area contributed by atoms with Crippen LogP contribution in [0.25, 0.3) is 6.08 Å². The number of hydrogen-bond acceptors (Lipinski definition) is 6. The summed E-state index contributed by atoms with van der Waals surface area (Å²) in [5, 5.41) is 0.588. The summed E-state index contributed by atoms with van der Waals surface area (Å²) >= 11 is 1.29. The molecule has 0 atom stereocenters. The minimum atomic E-state index is -0.305. The number of aliphatic imine (C=N–C) groups is 1. The molecule has 0 N–H and O–H groups in total. The third-order valence-corrected chi connectivity index (χ3v) is 6.02. The Morgan fingerprint density at radius 3 is 2.68 bits per heavy atom. The quantitative estimate of drug-likeness (QED) is 0.636. The van der Waals surface area contributed by atoms with Crippen molar-refractivity contribution in [2.45, 2.75) is 0 Å². The van der Waals surface area contributed by atoms with Gasteiger partial charge in [0, 0.05) is 20.2 Å². The lowest BCUT2D eigenvalue weighted by atomic mass is 10.1. The summed E-state index contributed by atoms with van der Waals surface area (Å²) in [5.74, 6) is -0.462. The summed E-state index contributed by atoms with van der Waals surface area (Å²) in [7, 11) is 1.59. The van der Waals surface area contributed by atoms with E-state index in [4.69, 9.17) is 9.47 Å². The third kappa shape index (κ3) is 5.15. The zero-order valence-electron chi connectivity index (χ0n) is 17.3. The molecule has 0 aromatic heterocycles. The van der Waals surface area contributed by atoms with Crippen LogP contribution in [0.4, 0.5) is 15.8 Å². The lowest BCUT2D eigenvalue weighted by molar-refractivity contribution is -0.122. The van der Waals surface area contributed by atoms with Crippen LogP contribution in [0.5, 0.6) is 0 Å². The van der Waals surface area contributed by atoms with Gasteiger partial charge in [-0.15, -0.1) is 0 Å². The second kappa shape index (κ2) is 10.1. The summed E-state index contributed by atoms with van der Waals surface area (Å²) in [4.78, 5) is 21.7. The summed E-state index contributed by atoms with van der Waals surface area (Å²) in [6, 6.07) is 14.5. The smallest absolute Gasteiger partial charge is 0.266 e. The molecular formula is C23H24FN3O3S. The first-order valence-corrected chi connectivity index (χ1v) is 10.9. The Hall–Kier alpha value is -2.68. The molecule has 2 heterocycles. The SMILES string of the molecule is COCCN1C(=O)/C(=C\c2ccc(N3CCOCC3)c(F)c2)SC1=Nc1ccccc1. The number of nitrogens with zero attached hydrogens (tertiary/aromatic N) is 3. The van der Waals surface area contributed by atoms with Crippen molar-refractivity contribution in [3.63, 3.8) is 0 Å². The predicted octanol–water partition coefficient (Wildman–Crippen LogP) is 3.91. The number of carbonyl (C=O) groups excluding carboxylic acids is 1. The number of thioether (sulfide) groups is 1. The Kier molecular flexibility index (Phi) is 7.01. The van der Waals surface area contributed by atoms with E-state index in [2.05, 4.69) is 4.99 Å². The minimum absolute atomic E-state index is 0.158. The largest absolute Gasteiger partial charge is 0.383 e. The average molecular weight is 442 g/mol. The van der Waals surface area contributed by atoms with Gasteiger partial charge in [0.15, 0.2) is 5.17 Å². The number of rotatable bonds is 6. The van der Waals surface area contributed by atoms with Gasteiger partial charge in [0.05, 0.1) is 42.6 Å². The molecule has 2 saturated heterocycles. The summed E-state index contributed by atoms with van der Waals surface area (Å²) in [6.07, 6.45) is 1.71. The van der Waals surface area contributed by atoms with E-state index in [1.165, 1.54) is 17.8 Å². The van der Waals surface area contributed by atoms with Crippen LogP contribution >= 0.6 is 11.8 Å². The van der Waals surface area contributed by atoms with E-state index in [-0.39, 0.29) is 11.7 Å². The van der Waals surface area contributed by atoms with Crippen LogP contribution in [0.3, 0.4) is 0 Å². The van der Waals surface area contributed by atoms with Gasteiger partial charge in [-0.3, -0.25) is 9.69 Å². The van der Waals surface area contributed by atoms with Gasteiger partial charge in [-0.05, 0) is 47.7 Å². The number of benzene rings is 2. The molecule has 2 aromatic rings. The van der Waals surface area contributed by atoms with Crippen molar-refractivity contribution >= 4 is 40.3 Å². The van der Waals surface area contributed by atoms with Crippen molar-refractivity contribution in [2.24, 2.45) is 4.99 Å². The number of anilines is 1. The Labute approximate surface area is 185 Å². The second-order valence-corrected chi connectivity index (χ2v) is 8.11. The van der Waals surface area contributed by atoms with Crippen LogP contribution in [-0.4, -0.2) is 62.5 Å². The average Bonchev–Trinajstić information content (AvgIpc) is 3.07. The number of para-hydroxylation sites is 1. The molecule has 2 fully saturated rings. The van der Waals surface area contributed by atoms with Crippen LogP contribution in [-0.2, 0) is 14.3 Å². The van der Waals surface area contributed by atoms with Crippen molar-refractivity contribution in [1.82, 2.24) is 4.90 Å². The maximum Gasteiger partial charge on any atom is 0.266 e. The van der Waals surface area contributed by atoms with Crippen LogP contribution in [0.15, 0.2) is 58.4 Å². The van der Waals surface area contributed by atoms with Gasteiger partial charge in [0.1, 0.15) is 5.82 Å². The number of halogens is 1.